The van der Waals surface area contributed by atoms with Crippen LogP contribution in [-0.2, 0) is 11.3 Å². The number of nitrogens with one attached hydrogen (secondary N) is 2. The molecule has 1 amide bonds. The fourth-order valence-corrected chi connectivity index (χ4v) is 2.79. The van der Waals surface area contributed by atoms with Crippen molar-refractivity contribution in [3.05, 3.63) is 41.6 Å². The van der Waals surface area contributed by atoms with Crippen molar-refractivity contribution >= 4 is 11.7 Å². The number of rotatable bonds is 4. The van der Waals surface area contributed by atoms with Crippen molar-refractivity contribution in [1.82, 2.24) is 20.3 Å². The Hall–Kier alpha value is -2.37. The molecule has 1 unspecified atom stereocenters. The van der Waals surface area contributed by atoms with Gasteiger partial charge in [-0.3, -0.25) is 4.79 Å². The monoisotopic (exact) mass is 299 g/mol. The second kappa shape index (κ2) is 6.17. The SMILES string of the molecule is CC(=O)NCc1cnc(C2CCN(c3cccc(C)n3)C2)[nH]1. The molecule has 1 atom stereocenters. The number of anilines is 1. The van der Waals surface area contributed by atoms with Crippen molar-refractivity contribution in [3.63, 3.8) is 0 Å². The Balaban J connectivity index is 1.64. The normalized spacial score (nSPS) is 17.7. The van der Waals surface area contributed by atoms with Crippen LogP contribution in [0.25, 0.3) is 0 Å². The third-order valence-electron chi connectivity index (χ3n) is 3.95. The number of hydrogen-bond acceptors (Lipinski definition) is 4. The van der Waals surface area contributed by atoms with Crippen LogP contribution in [0.1, 0.15) is 36.5 Å². The van der Waals surface area contributed by atoms with E-state index in [1.54, 1.807) is 6.20 Å². The Kier molecular flexibility index (Phi) is 4.09. The van der Waals surface area contributed by atoms with Gasteiger partial charge in [-0.05, 0) is 25.5 Å². The van der Waals surface area contributed by atoms with Crippen LogP contribution in [0, 0.1) is 6.92 Å². The van der Waals surface area contributed by atoms with E-state index < -0.39 is 0 Å². The van der Waals surface area contributed by atoms with Gasteiger partial charge in [-0.25, -0.2) is 9.97 Å². The molecule has 3 rings (SSSR count). The standard InChI is InChI=1S/C16H21N5O/c1-11-4-3-5-15(19-11)21-7-6-13(10-21)16-18-9-14(20-16)8-17-12(2)22/h3-5,9,13H,6-8,10H2,1-2H3,(H,17,22)(H,18,20). The molecule has 1 fully saturated rings. The number of H-pyrrole nitrogens is 1. The van der Waals surface area contributed by atoms with Gasteiger partial charge in [0, 0.05) is 31.6 Å². The number of aryl methyl sites for hydroxylation is 1. The van der Waals surface area contributed by atoms with Crippen LogP contribution in [0.2, 0.25) is 0 Å². The summed E-state index contributed by atoms with van der Waals surface area (Å²) < 4.78 is 0. The molecule has 6 nitrogen and oxygen atoms in total. The summed E-state index contributed by atoms with van der Waals surface area (Å²) in [6.45, 7) is 5.93. The first-order valence-corrected chi connectivity index (χ1v) is 7.58. The van der Waals surface area contributed by atoms with E-state index in [2.05, 4.69) is 31.2 Å². The molecule has 2 aromatic rings. The van der Waals surface area contributed by atoms with Gasteiger partial charge < -0.3 is 15.2 Å². The van der Waals surface area contributed by atoms with E-state index in [0.717, 1.165) is 42.5 Å². The van der Waals surface area contributed by atoms with Crippen LogP contribution < -0.4 is 10.2 Å². The molecule has 0 saturated carbocycles. The lowest BCUT2D eigenvalue weighted by Gasteiger charge is -2.17. The number of aromatic nitrogens is 3. The highest BCUT2D eigenvalue weighted by molar-refractivity contribution is 5.72. The smallest absolute Gasteiger partial charge is 0.217 e. The number of carbonyl (C=O) groups is 1. The molecule has 6 heteroatoms. The highest BCUT2D eigenvalue weighted by atomic mass is 16.1. The number of amides is 1. The fourth-order valence-electron chi connectivity index (χ4n) is 2.79. The summed E-state index contributed by atoms with van der Waals surface area (Å²) in [7, 11) is 0. The number of imidazole rings is 1. The average molecular weight is 299 g/mol. The van der Waals surface area contributed by atoms with Crippen molar-refractivity contribution in [2.75, 3.05) is 18.0 Å². The molecular formula is C16H21N5O. The first kappa shape index (κ1) is 14.6. The Bertz CT molecular complexity index is 666. The summed E-state index contributed by atoms with van der Waals surface area (Å²) in [6.07, 6.45) is 2.86. The van der Waals surface area contributed by atoms with E-state index in [1.165, 1.54) is 6.92 Å². The molecule has 2 aromatic heterocycles. The maximum absolute atomic E-state index is 10.9. The van der Waals surface area contributed by atoms with Crippen LogP contribution in [0.3, 0.4) is 0 Å². The molecule has 2 N–H and O–H groups in total. The second-order valence-electron chi connectivity index (χ2n) is 5.77. The van der Waals surface area contributed by atoms with Crippen molar-refractivity contribution in [2.45, 2.75) is 32.7 Å². The van der Waals surface area contributed by atoms with E-state index in [9.17, 15) is 4.79 Å². The minimum Gasteiger partial charge on any atom is -0.356 e. The zero-order valence-corrected chi connectivity index (χ0v) is 13.0. The lowest BCUT2D eigenvalue weighted by molar-refractivity contribution is -0.119. The summed E-state index contributed by atoms with van der Waals surface area (Å²) in [5.74, 6) is 2.38. The largest absolute Gasteiger partial charge is 0.356 e. The first-order chi connectivity index (χ1) is 10.6. The zero-order valence-electron chi connectivity index (χ0n) is 13.0. The van der Waals surface area contributed by atoms with Gasteiger partial charge in [0.05, 0.1) is 18.4 Å². The number of nitrogens with zero attached hydrogens (tertiary/aromatic N) is 3. The zero-order chi connectivity index (χ0) is 15.5. The molecular weight excluding hydrogens is 278 g/mol. The van der Waals surface area contributed by atoms with Gasteiger partial charge in [-0.15, -0.1) is 0 Å². The molecule has 116 valence electrons. The number of hydrogen-bond donors (Lipinski definition) is 2. The molecule has 0 spiro atoms. The Morgan fingerprint density at radius 2 is 2.36 bits per heavy atom. The van der Waals surface area contributed by atoms with Crippen molar-refractivity contribution in [1.29, 1.82) is 0 Å². The van der Waals surface area contributed by atoms with Gasteiger partial charge in [0.15, 0.2) is 0 Å². The van der Waals surface area contributed by atoms with Crippen LogP contribution in [0.4, 0.5) is 5.82 Å². The predicted octanol–water partition coefficient (Wildman–Crippen LogP) is 1.74. The van der Waals surface area contributed by atoms with Gasteiger partial charge in [-0.1, -0.05) is 6.07 Å². The molecule has 0 bridgehead atoms. The van der Waals surface area contributed by atoms with E-state index in [-0.39, 0.29) is 5.91 Å². The topological polar surface area (TPSA) is 73.9 Å². The van der Waals surface area contributed by atoms with Crippen LogP contribution >= 0.6 is 0 Å². The number of aromatic amines is 1. The molecule has 1 aliphatic heterocycles. The molecule has 0 radical (unpaired) electrons. The molecule has 1 saturated heterocycles. The summed E-state index contributed by atoms with van der Waals surface area (Å²) in [6, 6.07) is 6.11. The lowest BCUT2D eigenvalue weighted by Crippen LogP contribution is -2.21. The minimum absolute atomic E-state index is 0.0336. The van der Waals surface area contributed by atoms with Crippen molar-refractivity contribution in [3.8, 4) is 0 Å². The van der Waals surface area contributed by atoms with Crippen molar-refractivity contribution in [2.24, 2.45) is 0 Å². The maximum Gasteiger partial charge on any atom is 0.217 e. The summed E-state index contributed by atoms with van der Waals surface area (Å²) in [5.41, 5.74) is 1.98. The quantitative estimate of drug-likeness (QED) is 0.902. The summed E-state index contributed by atoms with van der Waals surface area (Å²) >= 11 is 0. The Labute approximate surface area is 130 Å². The molecule has 1 aliphatic rings. The van der Waals surface area contributed by atoms with E-state index >= 15 is 0 Å². The molecule has 0 aromatic carbocycles. The summed E-state index contributed by atoms with van der Waals surface area (Å²) in [5, 5.41) is 2.78. The Morgan fingerprint density at radius 1 is 1.50 bits per heavy atom. The van der Waals surface area contributed by atoms with Crippen LogP contribution in [0.5, 0.6) is 0 Å². The van der Waals surface area contributed by atoms with E-state index in [4.69, 9.17) is 0 Å². The van der Waals surface area contributed by atoms with Gasteiger partial charge in [0.2, 0.25) is 5.91 Å². The lowest BCUT2D eigenvalue weighted by atomic mass is 10.1. The highest BCUT2D eigenvalue weighted by Crippen LogP contribution is 2.28. The van der Waals surface area contributed by atoms with Crippen LogP contribution in [0.15, 0.2) is 24.4 Å². The van der Waals surface area contributed by atoms with Crippen LogP contribution in [-0.4, -0.2) is 33.9 Å². The van der Waals surface area contributed by atoms with Crippen molar-refractivity contribution < 1.29 is 4.79 Å². The van der Waals surface area contributed by atoms with E-state index in [1.807, 2.05) is 19.1 Å². The second-order valence-corrected chi connectivity index (χ2v) is 5.77. The molecule has 3 heterocycles. The minimum atomic E-state index is -0.0336. The summed E-state index contributed by atoms with van der Waals surface area (Å²) in [4.78, 5) is 25.6. The maximum atomic E-state index is 10.9. The number of pyridine rings is 1. The molecule has 22 heavy (non-hydrogen) atoms. The van der Waals surface area contributed by atoms with E-state index in [0.29, 0.717) is 12.5 Å². The Morgan fingerprint density at radius 3 is 3.14 bits per heavy atom. The van der Waals surface area contributed by atoms with Gasteiger partial charge in [0.25, 0.3) is 0 Å². The first-order valence-electron chi connectivity index (χ1n) is 7.58. The fraction of sp³-hybridized carbons (Fsp3) is 0.438. The third-order valence-corrected chi connectivity index (χ3v) is 3.95. The molecule has 0 aliphatic carbocycles. The van der Waals surface area contributed by atoms with Gasteiger partial charge in [-0.2, -0.15) is 0 Å². The third kappa shape index (κ3) is 3.27. The predicted molar refractivity (Wildman–Crippen MR) is 84.7 cm³/mol. The number of carbonyl (C=O) groups excluding carboxylic acids is 1. The van der Waals surface area contributed by atoms with Gasteiger partial charge >= 0.3 is 0 Å². The highest BCUT2D eigenvalue weighted by Gasteiger charge is 2.26. The average Bonchev–Trinajstić information content (AvgIpc) is 3.14. The van der Waals surface area contributed by atoms with Gasteiger partial charge in [0.1, 0.15) is 11.6 Å².